The Morgan fingerprint density at radius 3 is 2.38 bits per heavy atom. The van der Waals surface area contributed by atoms with Gasteiger partial charge >= 0.3 is 0 Å². The van der Waals surface area contributed by atoms with Crippen molar-refractivity contribution < 1.29 is 14.6 Å². The van der Waals surface area contributed by atoms with Gasteiger partial charge in [-0.15, -0.1) is 0 Å². The van der Waals surface area contributed by atoms with Crippen molar-refractivity contribution in [2.45, 2.75) is 33.1 Å². The molecule has 0 heterocycles. The van der Waals surface area contributed by atoms with Gasteiger partial charge in [0.05, 0.1) is 26.4 Å². The van der Waals surface area contributed by atoms with Crippen LogP contribution in [0.5, 0.6) is 5.75 Å². The van der Waals surface area contributed by atoms with Crippen molar-refractivity contribution in [1.29, 1.82) is 0 Å². The van der Waals surface area contributed by atoms with Crippen LogP contribution in [0.25, 0.3) is 0 Å². The molecular formula is C22H31NO3. The van der Waals surface area contributed by atoms with Crippen molar-refractivity contribution in [2.75, 3.05) is 26.8 Å². The third kappa shape index (κ3) is 7.56. The van der Waals surface area contributed by atoms with Gasteiger partial charge in [0.15, 0.2) is 0 Å². The van der Waals surface area contributed by atoms with Gasteiger partial charge in [-0.1, -0.05) is 56.3 Å². The molecule has 0 fully saturated rings. The normalized spacial score (nSPS) is 12.5. The van der Waals surface area contributed by atoms with Gasteiger partial charge in [0, 0.05) is 19.6 Å². The highest BCUT2D eigenvalue weighted by Gasteiger charge is 2.14. The number of ether oxygens (including phenoxy) is 2. The van der Waals surface area contributed by atoms with Crippen molar-refractivity contribution in [3.8, 4) is 5.75 Å². The lowest BCUT2D eigenvalue weighted by atomic mass is 10.1. The first-order chi connectivity index (χ1) is 12.6. The highest BCUT2D eigenvalue weighted by Crippen LogP contribution is 2.15. The van der Waals surface area contributed by atoms with E-state index >= 15 is 0 Å². The Balaban J connectivity index is 1.85. The maximum Gasteiger partial charge on any atom is 0.119 e. The van der Waals surface area contributed by atoms with Crippen LogP contribution in [-0.2, 0) is 17.9 Å². The average molecular weight is 357 g/mol. The zero-order valence-corrected chi connectivity index (χ0v) is 16.1. The maximum atomic E-state index is 10.4. The van der Waals surface area contributed by atoms with Crippen LogP contribution in [0.15, 0.2) is 54.6 Å². The predicted molar refractivity (Wildman–Crippen MR) is 105 cm³/mol. The molecule has 0 aliphatic rings. The van der Waals surface area contributed by atoms with Crippen molar-refractivity contribution >= 4 is 0 Å². The van der Waals surface area contributed by atoms with Crippen LogP contribution >= 0.6 is 0 Å². The quantitative estimate of drug-likeness (QED) is 0.665. The monoisotopic (exact) mass is 357 g/mol. The summed E-state index contributed by atoms with van der Waals surface area (Å²) < 4.78 is 11.0. The molecule has 0 aromatic heterocycles. The molecule has 0 bridgehead atoms. The summed E-state index contributed by atoms with van der Waals surface area (Å²) in [7, 11) is 1.68. The minimum atomic E-state index is -0.511. The second kappa shape index (κ2) is 11.0. The Hall–Kier alpha value is -1.88. The standard InChI is InChI=1S/C22H31NO3/c1-18(2)13-23(14-20-10-7-11-22(12-20)25-3)15-21(24)17-26-16-19-8-5-4-6-9-19/h4-12,18,21,24H,13-17H2,1-3H3/t21-/m0/s1. The predicted octanol–water partition coefficient (Wildman–Crippen LogP) is 3.73. The first-order valence-electron chi connectivity index (χ1n) is 9.22. The molecule has 0 aliphatic heterocycles. The molecule has 2 rings (SSSR count). The second-order valence-electron chi connectivity index (χ2n) is 7.09. The van der Waals surface area contributed by atoms with Crippen molar-refractivity contribution in [2.24, 2.45) is 5.92 Å². The van der Waals surface area contributed by atoms with Crippen LogP contribution in [0.4, 0.5) is 0 Å². The zero-order valence-electron chi connectivity index (χ0n) is 16.1. The summed E-state index contributed by atoms with van der Waals surface area (Å²) in [4.78, 5) is 2.27. The Bertz CT molecular complexity index is 630. The molecule has 2 aromatic carbocycles. The number of methoxy groups -OCH3 is 1. The fourth-order valence-corrected chi connectivity index (χ4v) is 2.99. The molecule has 2 aromatic rings. The van der Waals surface area contributed by atoms with E-state index in [1.165, 1.54) is 5.56 Å². The van der Waals surface area contributed by atoms with Gasteiger partial charge in [-0.3, -0.25) is 4.90 Å². The number of aliphatic hydroxyl groups excluding tert-OH is 1. The summed E-state index contributed by atoms with van der Waals surface area (Å²) in [5.41, 5.74) is 2.30. The van der Waals surface area contributed by atoms with Gasteiger partial charge in [0.2, 0.25) is 0 Å². The molecule has 1 N–H and O–H groups in total. The lowest BCUT2D eigenvalue weighted by Crippen LogP contribution is -2.36. The molecule has 142 valence electrons. The van der Waals surface area contributed by atoms with E-state index in [-0.39, 0.29) is 0 Å². The summed E-state index contributed by atoms with van der Waals surface area (Å²) in [5, 5.41) is 10.4. The van der Waals surface area contributed by atoms with Crippen molar-refractivity contribution in [3.05, 3.63) is 65.7 Å². The molecule has 0 spiro atoms. The Labute approximate surface area is 157 Å². The molecule has 1 atom stereocenters. The third-order valence-corrected chi connectivity index (χ3v) is 4.05. The molecule has 0 saturated carbocycles. The molecule has 0 radical (unpaired) electrons. The first-order valence-corrected chi connectivity index (χ1v) is 9.22. The molecule has 26 heavy (non-hydrogen) atoms. The third-order valence-electron chi connectivity index (χ3n) is 4.05. The molecule has 0 saturated heterocycles. The number of hydrogen-bond donors (Lipinski definition) is 1. The molecular weight excluding hydrogens is 326 g/mol. The lowest BCUT2D eigenvalue weighted by molar-refractivity contribution is 0.00678. The van der Waals surface area contributed by atoms with Gasteiger partial charge in [0.25, 0.3) is 0 Å². The summed E-state index contributed by atoms with van der Waals surface area (Å²) in [6.45, 7) is 7.54. The minimum absolute atomic E-state index is 0.335. The van der Waals surface area contributed by atoms with Crippen LogP contribution in [0.1, 0.15) is 25.0 Å². The SMILES string of the molecule is COc1cccc(CN(CC(C)C)C[C@H](O)COCc2ccccc2)c1. The topological polar surface area (TPSA) is 41.9 Å². The molecule has 0 aliphatic carbocycles. The molecule has 4 heteroatoms. The van der Waals surface area contributed by atoms with Gasteiger partial charge in [0.1, 0.15) is 5.75 Å². The fraction of sp³-hybridized carbons (Fsp3) is 0.455. The summed E-state index contributed by atoms with van der Waals surface area (Å²) in [5.74, 6) is 1.39. The maximum absolute atomic E-state index is 10.4. The van der Waals surface area contributed by atoms with E-state index in [0.29, 0.717) is 25.7 Å². The van der Waals surface area contributed by atoms with Crippen LogP contribution in [-0.4, -0.2) is 42.9 Å². The van der Waals surface area contributed by atoms with Crippen molar-refractivity contribution in [1.82, 2.24) is 4.90 Å². The van der Waals surface area contributed by atoms with E-state index in [1.807, 2.05) is 48.5 Å². The number of hydrogen-bond acceptors (Lipinski definition) is 4. The highest BCUT2D eigenvalue weighted by molar-refractivity contribution is 5.28. The minimum Gasteiger partial charge on any atom is -0.497 e. The highest BCUT2D eigenvalue weighted by atomic mass is 16.5. The molecule has 4 nitrogen and oxygen atoms in total. The number of nitrogens with zero attached hydrogens (tertiary/aromatic N) is 1. The van der Waals surface area contributed by atoms with Gasteiger partial charge < -0.3 is 14.6 Å². The van der Waals surface area contributed by atoms with E-state index in [4.69, 9.17) is 9.47 Å². The smallest absolute Gasteiger partial charge is 0.119 e. The largest absolute Gasteiger partial charge is 0.497 e. The van der Waals surface area contributed by atoms with Crippen LogP contribution in [0.2, 0.25) is 0 Å². The molecule has 0 unspecified atom stereocenters. The first kappa shape index (κ1) is 20.4. The Morgan fingerprint density at radius 2 is 1.69 bits per heavy atom. The van der Waals surface area contributed by atoms with Gasteiger partial charge in [-0.2, -0.15) is 0 Å². The summed E-state index contributed by atoms with van der Waals surface area (Å²) in [6.07, 6.45) is -0.511. The van der Waals surface area contributed by atoms with E-state index in [9.17, 15) is 5.11 Å². The van der Waals surface area contributed by atoms with Gasteiger partial charge in [-0.05, 0) is 29.2 Å². The van der Waals surface area contributed by atoms with E-state index < -0.39 is 6.10 Å². The summed E-state index contributed by atoms with van der Waals surface area (Å²) in [6, 6.07) is 18.1. The number of aliphatic hydroxyl groups is 1. The fourth-order valence-electron chi connectivity index (χ4n) is 2.99. The molecule has 0 amide bonds. The zero-order chi connectivity index (χ0) is 18.8. The Morgan fingerprint density at radius 1 is 0.962 bits per heavy atom. The van der Waals surface area contributed by atoms with Crippen LogP contribution in [0.3, 0.4) is 0 Å². The van der Waals surface area contributed by atoms with E-state index in [2.05, 4.69) is 24.8 Å². The van der Waals surface area contributed by atoms with Crippen molar-refractivity contribution in [3.63, 3.8) is 0 Å². The van der Waals surface area contributed by atoms with Crippen LogP contribution in [0, 0.1) is 5.92 Å². The second-order valence-corrected chi connectivity index (χ2v) is 7.09. The Kier molecular flexibility index (Phi) is 8.62. The van der Waals surface area contributed by atoms with E-state index in [1.54, 1.807) is 7.11 Å². The number of rotatable bonds is 11. The van der Waals surface area contributed by atoms with Crippen LogP contribution < -0.4 is 4.74 Å². The van der Waals surface area contributed by atoms with E-state index in [0.717, 1.165) is 24.4 Å². The number of benzene rings is 2. The van der Waals surface area contributed by atoms with Gasteiger partial charge in [-0.25, -0.2) is 0 Å². The average Bonchev–Trinajstić information content (AvgIpc) is 2.62. The summed E-state index contributed by atoms with van der Waals surface area (Å²) >= 11 is 0. The lowest BCUT2D eigenvalue weighted by Gasteiger charge is -2.27.